The molecule has 0 unspecified atom stereocenters. The van der Waals surface area contributed by atoms with Gasteiger partial charge in [0, 0.05) is 6.04 Å². The molecule has 1 aliphatic rings. The van der Waals surface area contributed by atoms with Crippen molar-refractivity contribution in [1.29, 1.82) is 0 Å². The van der Waals surface area contributed by atoms with Gasteiger partial charge in [-0.2, -0.15) is 4.98 Å². The molecule has 6 heteroatoms. The van der Waals surface area contributed by atoms with Crippen LogP contribution in [0.2, 0.25) is 0 Å². The molecule has 0 atom stereocenters. The summed E-state index contributed by atoms with van der Waals surface area (Å²) >= 11 is 1.53. The van der Waals surface area contributed by atoms with Gasteiger partial charge in [-0.3, -0.25) is 4.79 Å². The molecule has 1 fully saturated rings. The van der Waals surface area contributed by atoms with Crippen LogP contribution >= 0.6 is 11.3 Å². The fourth-order valence-electron chi connectivity index (χ4n) is 2.67. The first kappa shape index (κ1) is 14.3. The van der Waals surface area contributed by atoms with Gasteiger partial charge in [-0.15, -0.1) is 11.3 Å². The zero-order valence-corrected chi connectivity index (χ0v) is 12.7. The number of thiophene rings is 1. The predicted molar refractivity (Wildman–Crippen MR) is 81.2 cm³/mol. The van der Waals surface area contributed by atoms with Crippen LogP contribution in [-0.4, -0.2) is 22.1 Å². The summed E-state index contributed by atoms with van der Waals surface area (Å²) in [5, 5.41) is 8.84. The zero-order chi connectivity index (χ0) is 14.5. The maximum Gasteiger partial charge on any atom is 0.316 e. The fourth-order valence-corrected chi connectivity index (χ4v) is 3.32. The molecule has 2 aromatic rings. The fraction of sp³-hybridized carbons (Fsp3) is 0.533. The van der Waals surface area contributed by atoms with Crippen LogP contribution in [0.3, 0.4) is 0 Å². The quantitative estimate of drug-likeness (QED) is 0.940. The second-order valence-electron chi connectivity index (χ2n) is 5.42. The highest BCUT2D eigenvalue weighted by Crippen LogP contribution is 2.21. The van der Waals surface area contributed by atoms with Gasteiger partial charge in [0.05, 0.1) is 4.88 Å². The second-order valence-corrected chi connectivity index (χ2v) is 6.36. The van der Waals surface area contributed by atoms with Crippen LogP contribution in [0.4, 0.5) is 0 Å². The standard InChI is InChI=1S/C15H19N3O2S/c19-14(16-11-7-4-2-1-3-5-8-11)15-17-13(18-20-15)12-9-6-10-21-12/h6,9-11H,1-5,7-8H2,(H,16,19). The predicted octanol–water partition coefficient (Wildman–Crippen LogP) is 3.64. The molecule has 5 nitrogen and oxygen atoms in total. The number of amides is 1. The molecule has 1 amide bonds. The number of nitrogens with one attached hydrogen (secondary N) is 1. The smallest absolute Gasteiger partial charge is 0.316 e. The average Bonchev–Trinajstić information content (AvgIpc) is 3.10. The largest absolute Gasteiger partial charge is 0.345 e. The molecule has 0 aromatic carbocycles. The van der Waals surface area contributed by atoms with Gasteiger partial charge in [-0.1, -0.05) is 43.3 Å². The number of rotatable bonds is 3. The molecular formula is C15H19N3O2S. The highest BCUT2D eigenvalue weighted by Gasteiger charge is 2.20. The van der Waals surface area contributed by atoms with Crippen molar-refractivity contribution in [1.82, 2.24) is 15.5 Å². The van der Waals surface area contributed by atoms with Crippen molar-refractivity contribution in [3.8, 4) is 10.7 Å². The maximum absolute atomic E-state index is 12.2. The molecule has 1 saturated carbocycles. The van der Waals surface area contributed by atoms with E-state index in [2.05, 4.69) is 15.5 Å². The topological polar surface area (TPSA) is 68.0 Å². The van der Waals surface area contributed by atoms with Gasteiger partial charge in [-0.25, -0.2) is 0 Å². The molecule has 1 aliphatic carbocycles. The Morgan fingerprint density at radius 3 is 2.71 bits per heavy atom. The first-order valence-corrected chi connectivity index (χ1v) is 8.39. The Bertz CT molecular complexity index is 572. The van der Waals surface area contributed by atoms with Gasteiger partial charge >= 0.3 is 11.8 Å². The van der Waals surface area contributed by atoms with Crippen LogP contribution < -0.4 is 5.32 Å². The van der Waals surface area contributed by atoms with E-state index >= 15 is 0 Å². The summed E-state index contributed by atoms with van der Waals surface area (Å²) in [4.78, 5) is 17.3. The van der Waals surface area contributed by atoms with Crippen molar-refractivity contribution in [3.05, 3.63) is 23.4 Å². The van der Waals surface area contributed by atoms with Crippen molar-refractivity contribution in [3.63, 3.8) is 0 Å². The number of carbonyl (C=O) groups is 1. The molecule has 0 spiro atoms. The van der Waals surface area contributed by atoms with Crippen LogP contribution in [0.5, 0.6) is 0 Å². The number of hydrogen-bond acceptors (Lipinski definition) is 5. The van der Waals surface area contributed by atoms with E-state index < -0.39 is 0 Å². The van der Waals surface area contributed by atoms with Gasteiger partial charge in [0.15, 0.2) is 0 Å². The second kappa shape index (κ2) is 6.85. The molecule has 2 heterocycles. The molecule has 21 heavy (non-hydrogen) atoms. The van der Waals surface area contributed by atoms with Gasteiger partial charge in [-0.05, 0) is 24.3 Å². The van der Waals surface area contributed by atoms with Gasteiger partial charge in [0.2, 0.25) is 5.82 Å². The summed E-state index contributed by atoms with van der Waals surface area (Å²) in [6.07, 6.45) is 8.26. The Labute approximate surface area is 127 Å². The normalized spacial score (nSPS) is 17.1. The first-order valence-electron chi connectivity index (χ1n) is 7.51. The monoisotopic (exact) mass is 305 g/mol. The summed E-state index contributed by atoms with van der Waals surface area (Å²) in [5.74, 6) is 0.282. The van der Waals surface area contributed by atoms with E-state index in [-0.39, 0.29) is 17.8 Å². The Balaban J connectivity index is 1.62. The van der Waals surface area contributed by atoms with Crippen molar-refractivity contribution < 1.29 is 9.32 Å². The molecule has 0 aliphatic heterocycles. The van der Waals surface area contributed by atoms with E-state index in [4.69, 9.17) is 4.52 Å². The highest BCUT2D eigenvalue weighted by molar-refractivity contribution is 7.13. The minimum Gasteiger partial charge on any atom is -0.345 e. The van der Waals surface area contributed by atoms with E-state index in [9.17, 15) is 4.79 Å². The summed E-state index contributed by atoms with van der Waals surface area (Å²) in [6, 6.07) is 4.06. The maximum atomic E-state index is 12.2. The molecular weight excluding hydrogens is 286 g/mol. The van der Waals surface area contributed by atoms with E-state index in [1.165, 1.54) is 43.4 Å². The van der Waals surface area contributed by atoms with Crippen LogP contribution in [0.1, 0.15) is 55.6 Å². The number of carbonyl (C=O) groups excluding carboxylic acids is 1. The van der Waals surface area contributed by atoms with Gasteiger partial charge < -0.3 is 9.84 Å². The van der Waals surface area contributed by atoms with E-state index in [0.717, 1.165) is 17.7 Å². The molecule has 1 N–H and O–H groups in total. The Kier molecular flexibility index (Phi) is 4.65. The van der Waals surface area contributed by atoms with Crippen LogP contribution in [0.15, 0.2) is 22.0 Å². The summed E-state index contributed by atoms with van der Waals surface area (Å²) in [5.41, 5.74) is 0. The minimum absolute atomic E-state index is 0.0560. The SMILES string of the molecule is O=C(NC1CCCCCCC1)c1nc(-c2cccs2)no1. The Hall–Kier alpha value is -1.69. The summed E-state index contributed by atoms with van der Waals surface area (Å²) < 4.78 is 5.08. The van der Waals surface area contributed by atoms with Crippen LogP contribution in [0.25, 0.3) is 10.7 Å². The summed E-state index contributed by atoms with van der Waals surface area (Å²) in [6.45, 7) is 0. The lowest BCUT2D eigenvalue weighted by molar-refractivity contribution is 0.0886. The van der Waals surface area contributed by atoms with Crippen molar-refractivity contribution in [2.24, 2.45) is 0 Å². The molecule has 0 bridgehead atoms. The van der Waals surface area contributed by atoms with Gasteiger partial charge in [0.1, 0.15) is 0 Å². The lowest BCUT2D eigenvalue weighted by Crippen LogP contribution is -2.35. The Morgan fingerprint density at radius 2 is 2.00 bits per heavy atom. The highest BCUT2D eigenvalue weighted by atomic mass is 32.1. The minimum atomic E-state index is -0.254. The lowest BCUT2D eigenvalue weighted by atomic mass is 9.97. The van der Waals surface area contributed by atoms with Crippen LogP contribution in [-0.2, 0) is 0 Å². The number of aromatic nitrogens is 2. The third-order valence-electron chi connectivity index (χ3n) is 3.80. The zero-order valence-electron chi connectivity index (χ0n) is 11.9. The molecule has 2 aromatic heterocycles. The third-order valence-corrected chi connectivity index (χ3v) is 4.67. The van der Waals surface area contributed by atoms with Crippen molar-refractivity contribution in [2.45, 2.75) is 51.0 Å². The van der Waals surface area contributed by atoms with E-state index in [0.29, 0.717) is 5.82 Å². The number of hydrogen-bond donors (Lipinski definition) is 1. The van der Waals surface area contributed by atoms with Crippen molar-refractivity contribution in [2.75, 3.05) is 0 Å². The molecule has 0 radical (unpaired) electrons. The summed E-state index contributed by atoms with van der Waals surface area (Å²) in [7, 11) is 0. The van der Waals surface area contributed by atoms with Gasteiger partial charge in [0.25, 0.3) is 0 Å². The first-order chi connectivity index (χ1) is 10.3. The Morgan fingerprint density at radius 1 is 1.24 bits per heavy atom. The van der Waals surface area contributed by atoms with Crippen molar-refractivity contribution >= 4 is 17.2 Å². The van der Waals surface area contributed by atoms with E-state index in [1.54, 1.807) is 0 Å². The van der Waals surface area contributed by atoms with Crippen LogP contribution in [0, 0.1) is 0 Å². The molecule has 0 saturated heterocycles. The lowest BCUT2D eigenvalue weighted by Gasteiger charge is -2.19. The average molecular weight is 305 g/mol. The molecule has 112 valence electrons. The third kappa shape index (κ3) is 3.69. The number of nitrogens with zero attached hydrogens (tertiary/aromatic N) is 2. The molecule has 3 rings (SSSR count). The van der Waals surface area contributed by atoms with E-state index in [1.807, 2.05) is 17.5 Å².